The highest BCUT2D eigenvalue weighted by molar-refractivity contribution is 5.35. The molecule has 2 aliphatic carbocycles. The summed E-state index contributed by atoms with van der Waals surface area (Å²) in [5, 5.41) is 3.50. The van der Waals surface area contributed by atoms with Crippen LogP contribution in [-0.2, 0) is 12.8 Å². The van der Waals surface area contributed by atoms with Gasteiger partial charge in [-0.1, -0.05) is 36.4 Å². The number of nitrogens with zero attached hydrogens (tertiary/aromatic N) is 1. The number of hydrogen-bond donors (Lipinski definition) is 1. The monoisotopic (exact) mass is 308 g/mol. The highest BCUT2D eigenvalue weighted by Gasteiger charge is 2.29. The summed E-state index contributed by atoms with van der Waals surface area (Å²) in [4.78, 5) is 2.74. The van der Waals surface area contributed by atoms with Crippen molar-refractivity contribution in [3.8, 4) is 0 Å². The van der Waals surface area contributed by atoms with Gasteiger partial charge >= 0.3 is 0 Å². The van der Waals surface area contributed by atoms with E-state index in [-0.39, 0.29) is 0 Å². The van der Waals surface area contributed by atoms with Gasteiger partial charge in [-0.2, -0.15) is 0 Å². The fourth-order valence-corrected chi connectivity index (χ4v) is 4.38. The number of piperidine rings is 1. The molecule has 1 saturated heterocycles. The summed E-state index contributed by atoms with van der Waals surface area (Å²) in [6.07, 6.45) is 14.7. The minimum Gasteiger partial charge on any atom is -0.368 e. The molecule has 2 nitrogen and oxygen atoms in total. The smallest absolute Gasteiger partial charge is 0.0370 e. The van der Waals surface area contributed by atoms with E-state index in [0.717, 1.165) is 5.92 Å². The predicted octanol–water partition coefficient (Wildman–Crippen LogP) is 3.69. The van der Waals surface area contributed by atoms with Crippen molar-refractivity contribution >= 4 is 0 Å². The predicted molar refractivity (Wildman–Crippen MR) is 96.4 cm³/mol. The third kappa shape index (κ3) is 3.37. The molecule has 0 spiro atoms. The summed E-state index contributed by atoms with van der Waals surface area (Å²) in [5.74, 6) is 0.844. The van der Waals surface area contributed by atoms with Gasteiger partial charge in [-0.25, -0.2) is 0 Å². The van der Waals surface area contributed by atoms with Crippen molar-refractivity contribution in [2.75, 3.05) is 19.6 Å². The highest BCUT2D eigenvalue weighted by Crippen LogP contribution is 2.30. The second-order valence-corrected chi connectivity index (χ2v) is 7.29. The highest BCUT2D eigenvalue weighted by atomic mass is 15.2. The Kier molecular flexibility index (Phi) is 4.52. The summed E-state index contributed by atoms with van der Waals surface area (Å²) in [7, 11) is 0. The fourth-order valence-electron chi connectivity index (χ4n) is 4.38. The first-order chi connectivity index (χ1) is 11.4. The maximum absolute atomic E-state index is 3.50. The summed E-state index contributed by atoms with van der Waals surface area (Å²) in [6, 6.07) is 9.68. The number of benzene rings is 1. The minimum atomic E-state index is 0.649. The van der Waals surface area contributed by atoms with Gasteiger partial charge in [-0.15, -0.1) is 0 Å². The Hall–Kier alpha value is -1.54. The minimum absolute atomic E-state index is 0.649. The molecule has 0 bridgehead atoms. The van der Waals surface area contributed by atoms with Gasteiger partial charge in [0.15, 0.2) is 0 Å². The third-order valence-corrected chi connectivity index (χ3v) is 5.69. The molecular formula is C21H28N2. The topological polar surface area (TPSA) is 15.3 Å². The molecule has 3 aliphatic rings. The summed E-state index contributed by atoms with van der Waals surface area (Å²) < 4.78 is 0. The molecule has 0 saturated carbocycles. The van der Waals surface area contributed by atoms with Crippen molar-refractivity contribution < 1.29 is 0 Å². The van der Waals surface area contributed by atoms with E-state index in [4.69, 9.17) is 0 Å². The van der Waals surface area contributed by atoms with E-state index in [2.05, 4.69) is 52.7 Å². The zero-order chi connectivity index (χ0) is 15.5. The first-order valence-corrected chi connectivity index (χ1v) is 9.31. The molecule has 1 fully saturated rings. The molecule has 1 N–H and O–H groups in total. The number of nitrogens with one attached hydrogen (secondary N) is 1. The fraction of sp³-hybridized carbons (Fsp3) is 0.524. The average Bonchev–Trinajstić information content (AvgIpc) is 3.05. The normalized spacial score (nSPS) is 22.0. The van der Waals surface area contributed by atoms with Crippen LogP contribution in [0.1, 0.15) is 36.8 Å². The third-order valence-electron chi connectivity index (χ3n) is 5.69. The second kappa shape index (κ2) is 6.92. The standard InChI is InChI=1S/C21H28N2/c1-2-8-20(9-3-1)23(16-17-10-12-22-13-11-17)21-14-18-6-4-5-7-19(18)15-21/h2,4-9,17,21-22H,1,3,10-16H2. The molecular weight excluding hydrogens is 280 g/mol. The molecule has 0 atom stereocenters. The van der Waals surface area contributed by atoms with E-state index in [0.29, 0.717) is 6.04 Å². The second-order valence-electron chi connectivity index (χ2n) is 7.29. The van der Waals surface area contributed by atoms with E-state index in [1.165, 1.54) is 63.9 Å². The van der Waals surface area contributed by atoms with Gasteiger partial charge in [-0.05, 0) is 74.7 Å². The van der Waals surface area contributed by atoms with Crippen LogP contribution in [0, 0.1) is 5.92 Å². The molecule has 1 aromatic rings. The molecule has 0 radical (unpaired) electrons. The number of allylic oxidation sites excluding steroid dienone is 3. The average molecular weight is 308 g/mol. The van der Waals surface area contributed by atoms with Gasteiger partial charge in [0.2, 0.25) is 0 Å². The van der Waals surface area contributed by atoms with Crippen molar-refractivity contribution in [3.63, 3.8) is 0 Å². The Balaban J connectivity index is 1.53. The number of hydrogen-bond acceptors (Lipinski definition) is 2. The first-order valence-electron chi connectivity index (χ1n) is 9.31. The maximum Gasteiger partial charge on any atom is 0.0370 e. The van der Waals surface area contributed by atoms with E-state index >= 15 is 0 Å². The van der Waals surface area contributed by atoms with Crippen LogP contribution >= 0.6 is 0 Å². The molecule has 1 aromatic carbocycles. The number of rotatable bonds is 4. The van der Waals surface area contributed by atoms with Crippen LogP contribution in [0.4, 0.5) is 0 Å². The van der Waals surface area contributed by atoms with Crippen LogP contribution in [0.25, 0.3) is 0 Å². The molecule has 1 aliphatic heterocycles. The molecule has 23 heavy (non-hydrogen) atoms. The van der Waals surface area contributed by atoms with Gasteiger partial charge in [0.25, 0.3) is 0 Å². The van der Waals surface area contributed by atoms with Gasteiger partial charge < -0.3 is 10.2 Å². The van der Waals surface area contributed by atoms with Gasteiger partial charge in [0, 0.05) is 18.3 Å². The maximum atomic E-state index is 3.50. The Morgan fingerprint density at radius 2 is 1.74 bits per heavy atom. The van der Waals surface area contributed by atoms with Crippen LogP contribution in [0.3, 0.4) is 0 Å². The Morgan fingerprint density at radius 1 is 1.00 bits per heavy atom. The van der Waals surface area contributed by atoms with Crippen LogP contribution < -0.4 is 5.32 Å². The van der Waals surface area contributed by atoms with Gasteiger partial charge in [-0.3, -0.25) is 0 Å². The Bertz CT molecular complexity index is 571. The SMILES string of the molecule is C1=CC(N(CC2CCNCC2)C2Cc3ccccc3C2)=CCC1. The van der Waals surface area contributed by atoms with E-state index < -0.39 is 0 Å². The molecule has 1 heterocycles. The molecule has 122 valence electrons. The molecule has 0 unspecified atom stereocenters. The van der Waals surface area contributed by atoms with Crippen molar-refractivity contribution in [2.24, 2.45) is 5.92 Å². The van der Waals surface area contributed by atoms with Crippen LogP contribution in [0.5, 0.6) is 0 Å². The molecule has 4 rings (SSSR count). The first kappa shape index (κ1) is 15.0. The molecule has 2 heteroatoms. The van der Waals surface area contributed by atoms with Crippen LogP contribution in [-0.4, -0.2) is 30.6 Å². The number of fused-ring (bicyclic) bond motifs is 1. The Morgan fingerprint density at radius 3 is 2.39 bits per heavy atom. The van der Waals surface area contributed by atoms with E-state index in [1.54, 1.807) is 11.1 Å². The van der Waals surface area contributed by atoms with Gasteiger partial charge in [0.1, 0.15) is 0 Å². The lowest BCUT2D eigenvalue weighted by Crippen LogP contribution is -2.41. The van der Waals surface area contributed by atoms with Crippen LogP contribution in [0.2, 0.25) is 0 Å². The lowest BCUT2D eigenvalue weighted by atomic mass is 9.95. The van der Waals surface area contributed by atoms with Crippen LogP contribution in [0.15, 0.2) is 48.2 Å². The Labute approximate surface area is 140 Å². The summed E-state index contributed by atoms with van der Waals surface area (Å²) >= 11 is 0. The van der Waals surface area contributed by atoms with E-state index in [1.807, 2.05) is 0 Å². The lowest BCUT2D eigenvalue weighted by molar-refractivity contribution is 0.202. The van der Waals surface area contributed by atoms with Gasteiger partial charge in [0.05, 0.1) is 0 Å². The summed E-state index contributed by atoms with van der Waals surface area (Å²) in [6.45, 7) is 3.62. The van der Waals surface area contributed by atoms with Crippen molar-refractivity contribution in [3.05, 3.63) is 59.3 Å². The van der Waals surface area contributed by atoms with Crippen molar-refractivity contribution in [1.29, 1.82) is 0 Å². The van der Waals surface area contributed by atoms with Crippen molar-refractivity contribution in [2.45, 2.75) is 44.6 Å². The lowest BCUT2D eigenvalue weighted by Gasteiger charge is -2.37. The quantitative estimate of drug-likeness (QED) is 0.912. The summed E-state index contributed by atoms with van der Waals surface area (Å²) in [5.41, 5.74) is 4.61. The molecule has 0 aromatic heterocycles. The largest absolute Gasteiger partial charge is 0.368 e. The zero-order valence-corrected chi connectivity index (χ0v) is 14.0. The van der Waals surface area contributed by atoms with E-state index in [9.17, 15) is 0 Å². The zero-order valence-electron chi connectivity index (χ0n) is 14.0. The van der Waals surface area contributed by atoms with Crippen molar-refractivity contribution in [1.82, 2.24) is 10.2 Å². The molecule has 0 amide bonds.